The minimum absolute atomic E-state index is 0. The van der Waals surface area contributed by atoms with Crippen LogP contribution in [0, 0.1) is 11.9 Å². The van der Waals surface area contributed by atoms with Crippen LogP contribution in [-0.2, 0) is 26.1 Å². The largest absolute Gasteiger partial charge is 2.00 e. The Morgan fingerprint density at radius 1 is 1.32 bits per heavy atom. The number of carbonyl (C=O) groups is 1. The molecule has 1 amide bonds. The first-order valence-corrected chi connectivity index (χ1v) is 9.10. The number of benzene rings is 2. The van der Waals surface area contributed by atoms with E-state index in [1.54, 1.807) is 49.1 Å². The first-order chi connectivity index (χ1) is 12.9. The predicted molar refractivity (Wildman–Crippen MR) is 109 cm³/mol. The third-order valence-corrected chi connectivity index (χ3v) is 4.36. The summed E-state index contributed by atoms with van der Waals surface area (Å²) in [4.78, 5) is 22.0. The van der Waals surface area contributed by atoms with Crippen molar-refractivity contribution in [3.8, 4) is 5.75 Å². The Morgan fingerprint density at radius 2 is 1.96 bits per heavy atom. The zero-order valence-corrected chi connectivity index (χ0v) is 17.7. The van der Waals surface area contributed by atoms with E-state index in [4.69, 9.17) is 4.74 Å². The van der Waals surface area contributed by atoms with Crippen LogP contribution in [-0.4, -0.2) is 23.9 Å². The Morgan fingerprint density at radius 3 is 2.39 bits per heavy atom. The number of anilines is 1. The maximum Gasteiger partial charge on any atom is 2.00 e. The molecule has 2 rings (SSSR count). The third-order valence-electron chi connectivity index (χ3n) is 3.43. The van der Waals surface area contributed by atoms with Crippen molar-refractivity contribution in [2.24, 2.45) is 0 Å². The quantitative estimate of drug-likeness (QED) is 0.487. The molecule has 0 heterocycles. The van der Waals surface area contributed by atoms with Crippen LogP contribution in [0.2, 0.25) is 0 Å². The first kappa shape index (κ1) is 25.9. The van der Waals surface area contributed by atoms with Gasteiger partial charge in [0.05, 0.1) is 12.4 Å². The van der Waals surface area contributed by atoms with Gasteiger partial charge in [0.2, 0.25) is 5.91 Å². The summed E-state index contributed by atoms with van der Waals surface area (Å²) in [5.74, 6) is 0.206. The number of halogens is 1. The molecule has 7 heteroatoms. The number of hydrogen-bond donors (Lipinski definition) is 1. The van der Waals surface area contributed by atoms with Crippen LogP contribution in [0.15, 0.2) is 49.0 Å². The number of carbonyl (C=O) groups excluding carboxylic acids is 2. The minimum Gasteiger partial charge on any atom is -0.530 e. The van der Waals surface area contributed by atoms with Crippen LogP contribution >= 0.6 is 11.8 Å². The summed E-state index contributed by atoms with van der Waals surface area (Å²) in [6.45, 7) is 7.34. The van der Waals surface area contributed by atoms with Gasteiger partial charge in [0.15, 0.2) is 0 Å². The molecule has 152 valence electrons. The standard InChI is InChI=1S/C12H14NO3S.C9H8F.Ni/c1-3-11(17-8-14)12(15)13-9-4-6-10(16-2)7-5-9;1-7(2)8-4-3-5-9(10)6-8;/h4-7,11H,3H2,1-2H3,(H,13,15);3-5H,1H2,2H3;/q2*-1;+2. The fourth-order valence-corrected chi connectivity index (χ4v) is 2.42. The van der Waals surface area contributed by atoms with Crippen molar-refractivity contribution >= 4 is 34.5 Å². The van der Waals surface area contributed by atoms with Crippen LogP contribution in [0.1, 0.15) is 25.8 Å². The molecular formula is C21H22FNNiO3S. The van der Waals surface area contributed by atoms with Crippen LogP contribution in [0.4, 0.5) is 10.1 Å². The molecule has 28 heavy (non-hydrogen) atoms. The molecule has 1 atom stereocenters. The van der Waals surface area contributed by atoms with E-state index < -0.39 is 5.25 Å². The van der Waals surface area contributed by atoms with Crippen molar-refractivity contribution in [3.63, 3.8) is 0 Å². The fraction of sp³-hybridized carbons (Fsp3) is 0.238. The number of amides is 1. The Labute approximate surface area is 179 Å². The maximum absolute atomic E-state index is 12.4. The topological polar surface area (TPSA) is 55.4 Å². The van der Waals surface area contributed by atoms with Crippen molar-refractivity contribution in [2.75, 3.05) is 12.4 Å². The normalized spacial score (nSPS) is 10.4. The number of methoxy groups -OCH3 is 1. The summed E-state index contributed by atoms with van der Waals surface area (Å²) in [5.41, 5.74) is 3.94. The summed E-state index contributed by atoms with van der Waals surface area (Å²) >= 11 is 0.869. The molecule has 2 aromatic carbocycles. The zero-order valence-electron chi connectivity index (χ0n) is 15.9. The van der Waals surface area contributed by atoms with Crippen LogP contribution in [0.5, 0.6) is 5.75 Å². The molecule has 1 unspecified atom stereocenters. The Hall–Kier alpha value is -2.11. The number of ether oxygens (including phenoxy) is 1. The number of rotatable bonds is 7. The molecule has 0 saturated heterocycles. The monoisotopic (exact) mass is 445 g/mol. The van der Waals surface area contributed by atoms with Crippen molar-refractivity contribution in [3.05, 3.63) is 66.5 Å². The predicted octanol–water partition coefficient (Wildman–Crippen LogP) is 4.87. The number of allylic oxidation sites excluding steroid dienone is 1. The van der Waals surface area contributed by atoms with Gasteiger partial charge < -0.3 is 26.6 Å². The molecule has 4 nitrogen and oxygen atoms in total. The molecule has 0 saturated carbocycles. The second-order valence-electron chi connectivity index (χ2n) is 5.51. The van der Waals surface area contributed by atoms with Crippen LogP contribution in [0.25, 0.3) is 5.57 Å². The average Bonchev–Trinajstić information content (AvgIpc) is 2.67. The van der Waals surface area contributed by atoms with Crippen LogP contribution in [0.3, 0.4) is 0 Å². The van der Waals surface area contributed by atoms with Crippen molar-refractivity contribution in [2.45, 2.75) is 25.5 Å². The smallest absolute Gasteiger partial charge is 0.530 e. The average molecular weight is 446 g/mol. The van der Waals surface area contributed by atoms with Crippen LogP contribution < -0.4 is 10.1 Å². The summed E-state index contributed by atoms with van der Waals surface area (Å²) in [6.07, 6.45) is 0.585. The summed E-state index contributed by atoms with van der Waals surface area (Å²) in [6, 6.07) is 14.4. The molecule has 2 aromatic rings. The van der Waals surface area contributed by atoms with E-state index in [1.807, 2.05) is 13.8 Å². The van der Waals surface area contributed by atoms with E-state index in [0.29, 0.717) is 12.1 Å². The molecule has 0 radical (unpaired) electrons. The number of hydrogen-bond acceptors (Lipinski definition) is 4. The van der Waals surface area contributed by atoms with Gasteiger partial charge in [-0.25, -0.2) is 10.0 Å². The second-order valence-corrected chi connectivity index (χ2v) is 6.48. The van der Waals surface area contributed by atoms with Crippen molar-refractivity contribution in [1.82, 2.24) is 0 Å². The summed E-state index contributed by atoms with van der Waals surface area (Å²) in [5, 5.41) is 2.34. The molecular weight excluding hydrogens is 424 g/mol. The van der Waals surface area contributed by atoms with Gasteiger partial charge in [-0.05, 0) is 30.7 Å². The SMILES string of the molecule is C=C(C)c1[c-]c(F)ccc1.CCC(S[C-]=O)C(=O)Nc1ccc(OC)cc1.[Ni+2]. The Bertz CT molecular complexity index is 769. The van der Waals surface area contributed by atoms with E-state index in [2.05, 4.69) is 18.0 Å². The van der Waals surface area contributed by atoms with Crippen molar-refractivity contribution < 1.29 is 35.2 Å². The molecule has 0 bridgehead atoms. The number of thioether (sulfide) groups is 1. The van der Waals surface area contributed by atoms with Gasteiger partial charge in [-0.1, -0.05) is 13.8 Å². The van der Waals surface area contributed by atoms with Gasteiger partial charge >= 0.3 is 16.5 Å². The van der Waals surface area contributed by atoms with Gasteiger partial charge in [-0.3, -0.25) is 4.79 Å². The summed E-state index contributed by atoms with van der Waals surface area (Å²) in [7, 11) is 1.58. The molecule has 0 aliphatic heterocycles. The van der Waals surface area contributed by atoms with Gasteiger partial charge in [0.25, 0.3) is 0 Å². The fourth-order valence-electron chi connectivity index (χ4n) is 1.97. The molecule has 0 aliphatic carbocycles. The Balaban J connectivity index is 0.000000567. The van der Waals surface area contributed by atoms with Crippen molar-refractivity contribution in [1.29, 1.82) is 0 Å². The molecule has 0 fully saturated rings. The van der Waals surface area contributed by atoms with E-state index in [-0.39, 0.29) is 28.2 Å². The third kappa shape index (κ3) is 9.20. The van der Waals surface area contributed by atoms with Gasteiger partial charge in [-0.2, -0.15) is 0 Å². The Kier molecular flexibility index (Phi) is 12.9. The van der Waals surface area contributed by atoms with Gasteiger partial charge in [-0.15, -0.1) is 42.0 Å². The van der Waals surface area contributed by atoms with E-state index >= 15 is 0 Å². The number of nitrogens with one attached hydrogen (secondary N) is 1. The van der Waals surface area contributed by atoms with Gasteiger partial charge in [0.1, 0.15) is 5.75 Å². The second kappa shape index (κ2) is 14.0. The molecule has 1 N–H and O–H groups in total. The van der Waals surface area contributed by atoms with E-state index in [1.165, 1.54) is 6.07 Å². The molecule has 0 spiro atoms. The van der Waals surface area contributed by atoms with E-state index in [0.717, 1.165) is 28.6 Å². The molecule has 0 aliphatic rings. The first-order valence-electron chi connectivity index (χ1n) is 8.22. The van der Waals surface area contributed by atoms with E-state index in [9.17, 15) is 14.0 Å². The molecule has 0 aromatic heterocycles. The van der Waals surface area contributed by atoms with Gasteiger partial charge in [0, 0.05) is 11.5 Å². The minimum atomic E-state index is -0.394. The summed E-state index contributed by atoms with van der Waals surface area (Å²) < 4.78 is 17.4. The maximum atomic E-state index is 12.4. The zero-order chi connectivity index (χ0) is 20.2.